The predicted octanol–water partition coefficient (Wildman–Crippen LogP) is 1.19. The molecule has 2 aromatic rings. The highest BCUT2D eigenvalue weighted by molar-refractivity contribution is 5.94. The number of aromatic nitrogens is 1. The number of benzene rings is 1. The van der Waals surface area contributed by atoms with Crippen LogP contribution in [0.4, 0.5) is 0 Å². The van der Waals surface area contributed by atoms with Crippen LogP contribution in [0.5, 0.6) is 11.5 Å². The summed E-state index contributed by atoms with van der Waals surface area (Å²) < 4.78 is 10.7. The van der Waals surface area contributed by atoms with Crippen LogP contribution in [0.2, 0.25) is 0 Å². The van der Waals surface area contributed by atoms with Crippen molar-refractivity contribution in [3.05, 3.63) is 53.3 Å². The van der Waals surface area contributed by atoms with E-state index in [2.05, 4.69) is 10.3 Å². The number of carboxylic acid groups (broad SMARTS) is 1. The second kappa shape index (κ2) is 9.36. The van der Waals surface area contributed by atoms with E-state index in [0.717, 1.165) is 5.56 Å². The minimum absolute atomic E-state index is 0.112. The van der Waals surface area contributed by atoms with Crippen molar-refractivity contribution in [2.75, 3.05) is 27.8 Å². The summed E-state index contributed by atoms with van der Waals surface area (Å²) in [6, 6.07) is 7.75. The van der Waals surface area contributed by atoms with E-state index < -0.39 is 5.97 Å². The summed E-state index contributed by atoms with van der Waals surface area (Å²) in [7, 11) is 4.76. The van der Waals surface area contributed by atoms with Crippen molar-refractivity contribution in [2.24, 2.45) is 0 Å². The van der Waals surface area contributed by atoms with Gasteiger partial charge in [-0.2, -0.15) is 0 Å². The average Bonchev–Trinajstić information content (AvgIpc) is 2.70. The average molecular weight is 387 g/mol. The van der Waals surface area contributed by atoms with Crippen LogP contribution in [-0.2, 0) is 11.3 Å². The minimum atomic E-state index is -1.16. The van der Waals surface area contributed by atoms with Crippen molar-refractivity contribution in [2.45, 2.75) is 6.54 Å². The Morgan fingerprint density at radius 3 is 2.46 bits per heavy atom. The topological polar surface area (TPSA) is 118 Å². The summed E-state index contributed by atoms with van der Waals surface area (Å²) in [4.78, 5) is 39.7. The molecule has 0 bridgehead atoms. The summed E-state index contributed by atoms with van der Waals surface area (Å²) in [5.41, 5.74) is 0.871. The Balaban J connectivity index is 1.99. The number of amides is 2. The maximum atomic E-state index is 12.2. The second-order valence-corrected chi connectivity index (χ2v) is 5.98. The number of carboxylic acids is 1. The SMILES string of the molecule is COc1cc(CNC(=O)c2ccc(C(=O)O)nc2)ccc1OCC(=O)N(C)C. The van der Waals surface area contributed by atoms with Gasteiger partial charge in [-0.1, -0.05) is 6.07 Å². The first-order valence-corrected chi connectivity index (χ1v) is 8.29. The van der Waals surface area contributed by atoms with Gasteiger partial charge >= 0.3 is 5.97 Å². The van der Waals surface area contributed by atoms with Gasteiger partial charge in [0.1, 0.15) is 5.69 Å². The van der Waals surface area contributed by atoms with E-state index in [1.165, 1.54) is 30.3 Å². The molecule has 0 aliphatic rings. The fraction of sp³-hybridized carbons (Fsp3) is 0.263. The first-order valence-electron chi connectivity index (χ1n) is 8.29. The predicted molar refractivity (Wildman–Crippen MR) is 99.5 cm³/mol. The third kappa shape index (κ3) is 5.44. The maximum Gasteiger partial charge on any atom is 0.354 e. The van der Waals surface area contributed by atoms with Crippen LogP contribution in [0.15, 0.2) is 36.5 Å². The Kier molecular flexibility index (Phi) is 6.91. The molecule has 0 unspecified atom stereocenters. The molecule has 0 saturated heterocycles. The zero-order valence-electron chi connectivity index (χ0n) is 15.8. The smallest absolute Gasteiger partial charge is 0.354 e. The van der Waals surface area contributed by atoms with Crippen molar-refractivity contribution < 1.29 is 29.0 Å². The number of carbonyl (C=O) groups is 3. The van der Waals surface area contributed by atoms with Crippen LogP contribution in [0.25, 0.3) is 0 Å². The molecule has 2 rings (SSSR count). The molecule has 1 aromatic heterocycles. The van der Waals surface area contributed by atoms with E-state index in [9.17, 15) is 14.4 Å². The van der Waals surface area contributed by atoms with Crippen molar-refractivity contribution in [3.63, 3.8) is 0 Å². The summed E-state index contributed by atoms with van der Waals surface area (Å²) in [6.45, 7) is 0.103. The van der Waals surface area contributed by atoms with Crippen molar-refractivity contribution in [3.8, 4) is 11.5 Å². The second-order valence-electron chi connectivity index (χ2n) is 5.98. The molecule has 1 heterocycles. The quantitative estimate of drug-likeness (QED) is 0.698. The van der Waals surface area contributed by atoms with Gasteiger partial charge in [0.15, 0.2) is 18.1 Å². The first kappa shape index (κ1) is 20.7. The number of hydrogen-bond donors (Lipinski definition) is 2. The van der Waals surface area contributed by atoms with Gasteiger partial charge in [-0.3, -0.25) is 9.59 Å². The van der Waals surface area contributed by atoms with Crippen LogP contribution in [-0.4, -0.2) is 60.6 Å². The maximum absolute atomic E-state index is 12.2. The number of aromatic carboxylic acids is 1. The van der Waals surface area contributed by atoms with Crippen molar-refractivity contribution in [1.29, 1.82) is 0 Å². The van der Waals surface area contributed by atoms with Gasteiger partial charge in [-0.25, -0.2) is 9.78 Å². The molecule has 0 atom stereocenters. The molecule has 28 heavy (non-hydrogen) atoms. The Morgan fingerprint density at radius 2 is 1.89 bits per heavy atom. The Morgan fingerprint density at radius 1 is 1.14 bits per heavy atom. The standard InChI is InChI=1S/C19H21N3O6/c1-22(2)17(23)11-28-15-7-4-12(8-16(15)27-3)9-21-18(24)13-5-6-14(19(25)26)20-10-13/h4-8,10H,9,11H2,1-3H3,(H,21,24)(H,25,26). The monoisotopic (exact) mass is 387 g/mol. The van der Waals surface area contributed by atoms with E-state index in [1.54, 1.807) is 32.3 Å². The molecular formula is C19H21N3O6. The molecular weight excluding hydrogens is 366 g/mol. The summed E-state index contributed by atoms with van der Waals surface area (Å²) in [6.07, 6.45) is 1.21. The van der Waals surface area contributed by atoms with Gasteiger partial charge in [0.2, 0.25) is 0 Å². The number of nitrogens with zero attached hydrogens (tertiary/aromatic N) is 2. The van der Waals surface area contributed by atoms with Gasteiger partial charge < -0.3 is 24.8 Å². The van der Waals surface area contributed by atoms with Crippen LogP contribution >= 0.6 is 0 Å². The number of pyridine rings is 1. The molecule has 0 radical (unpaired) electrons. The lowest BCUT2D eigenvalue weighted by Gasteiger charge is -2.14. The third-order valence-corrected chi connectivity index (χ3v) is 3.78. The minimum Gasteiger partial charge on any atom is -0.493 e. The molecule has 9 nitrogen and oxygen atoms in total. The first-order chi connectivity index (χ1) is 13.3. The molecule has 0 aliphatic heterocycles. The molecule has 2 amide bonds. The molecule has 1 aromatic carbocycles. The fourth-order valence-electron chi connectivity index (χ4n) is 2.15. The fourth-order valence-corrected chi connectivity index (χ4v) is 2.15. The van der Waals surface area contributed by atoms with E-state index >= 15 is 0 Å². The summed E-state index contributed by atoms with van der Waals surface area (Å²) in [5, 5.41) is 11.5. The molecule has 0 saturated carbocycles. The van der Waals surface area contributed by atoms with Crippen LogP contribution in [0.1, 0.15) is 26.4 Å². The number of nitrogens with one attached hydrogen (secondary N) is 1. The van der Waals surface area contributed by atoms with E-state index in [4.69, 9.17) is 14.6 Å². The number of ether oxygens (including phenoxy) is 2. The molecule has 0 fully saturated rings. The van der Waals surface area contributed by atoms with Gasteiger partial charge in [0.05, 0.1) is 12.7 Å². The molecule has 0 spiro atoms. The number of carbonyl (C=O) groups excluding carboxylic acids is 2. The van der Waals surface area contributed by atoms with Crippen LogP contribution in [0, 0.1) is 0 Å². The Hall–Kier alpha value is -3.62. The van der Waals surface area contributed by atoms with Crippen LogP contribution < -0.4 is 14.8 Å². The summed E-state index contributed by atoms with van der Waals surface area (Å²) >= 11 is 0. The highest BCUT2D eigenvalue weighted by Gasteiger charge is 2.12. The van der Waals surface area contributed by atoms with Gasteiger partial charge in [0, 0.05) is 26.8 Å². The van der Waals surface area contributed by atoms with E-state index in [1.807, 2.05) is 0 Å². The zero-order valence-corrected chi connectivity index (χ0v) is 15.8. The molecule has 2 N–H and O–H groups in total. The summed E-state index contributed by atoms with van der Waals surface area (Å²) in [5.74, 6) is -0.873. The Bertz CT molecular complexity index is 864. The van der Waals surface area contributed by atoms with Gasteiger partial charge in [-0.15, -0.1) is 0 Å². The number of hydrogen-bond acceptors (Lipinski definition) is 6. The lowest BCUT2D eigenvalue weighted by Crippen LogP contribution is -2.27. The number of rotatable bonds is 8. The van der Waals surface area contributed by atoms with E-state index in [0.29, 0.717) is 11.5 Å². The molecule has 9 heteroatoms. The Labute approximate surface area is 161 Å². The lowest BCUT2D eigenvalue weighted by atomic mass is 10.2. The number of methoxy groups -OCH3 is 1. The number of likely N-dealkylation sites (N-methyl/N-ethyl adjacent to an activating group) is 1. The molecule has 0 aliphatic carbocycles. The van der Waals surface area contributed by atoms with Crippen molar-refractivity contribution >= 4 is 17.8 Å². The third-order valence-electron chi connectivity index (χ3n) is 3.78. The molecule has 148 valence electrons. The van der Waals surface area contributed by atoms with Gasteiger partial charge in [0.25, 0.3) is 11.8 Å². The van der Waals surface area contributed by atoms with E-state index in [-0.39, 0.29) is 36.2 Å². The normalized spacial score (nSPS) is 10.1. The van der Waals surface area contributed by atoms with Gasteiger partial charge in [-0.05, 0) is 29.8 Å². The lowest BCUT2D eigenvalue weighted by molar-refractivity contribution is -0.130. The zero-order chi connectivity index (χ0) is 20.7. The highest BCUT2D eigenvalue weighted by Crippen LogP contribution is 2.28. The van der Waals surface area contributed by atoms with Crippen LogP contribution in [0.3, 0.4) is 0 Å². The van der Waals surface area contributed by atoms with Crippen molar-refractivity contribution in [1.82, 2.24) is 15.2 Å². The highest BCUT2D eigenvalue weighted by atomic mass is 16.5. The largest absolute Gasteiger partial charge is 0.493 e.